The predicted octanol–water partition coefficient (Wildman–Crippen LogP) is 24.5. The standard InChI is InChI=1S/C81H158O17P2.C4H6O4/c1-5-9-13-17-21-25-29-33-37-41-45-49-53-57-61-65-78(83)91-71-76(97-80(85)67-63-59-55-51-47-43-39-35-31-27-23-19-15-11-7-3)73-95-99(87,88)93-69-75(82)70-94-100(89,90)96-74-77(98-81(86)68-64-60-56-52-48-44-40-36-32-28-24-20-16-12-8-4)72-92-79(84)66-62-58-54-50-46-42-38-34-30-26-22-18-14-10-6-2;5-3(6)1-2-4(7)8/h75-77,82H,5-74H2,1-4H3,(H,87,88)(H,89,90);1-2H2,(H,5,6)(H,7,8)/t76-,77-;/m1./s1. The van der Waals surface area contributed by atoms with E-state index >= 15 is 0 Å². The molecule has 0 aliphatic rings. The van der Waals surface area contributed by atoms with Gasteiger partial charge in [-0.25, -0.2) is 9.13 Å². The van der Waals surface area contributed by atoms with Crippen LogP contribution in [0.25, 0.3) is 0 Å². The number of carboxylic acids is 2. The molecule has 0 fully saturated rings. The number of hydrogen-bond acceptors (Lipinski definition) is 17. The lowest BCUT2D eigenvalue weighted by molar-refractivity contribution is -0.161. The van der Waals surface area contributed by atoms with E-state index in [0.29, 0.717) is 25.7 Å². The van der Waals surface area contributed by atoms with E-state index in [4.69, 9.17) is 47.3 Å². The minimum atomic E-state index is -4.96. The van der Waals surface area contributed by atoms with Crippen LogP contribution in [-0.2, 0) is 74.9 Å². The first-order valence-electron chi connectivity index (χ1n) is 44.3. The highest BCUT2D eigenvalue weighted by atomic mass is 31.2. The van der Waals surface area contributed by atoms with Crippen LogP contribution in [0.1, 0.15) is 451 Å². The van der Waals surface area contributed by atoms with Crippen molar-refractivity contribution in [3.8, 4) is 0 Å². The van der Waals surface area contributed by atoms with Gasteiger partial charge in [0, 0.05) is 25.7 Å². The predicted molar refractivity (Wildman–Crippen MR) is 434 cm³/mol. The van der Waals surface area contributed by atoms with Gasteiger partial charge in [0.15, 0.2) is 12.2 Å². The van der Waals surface area contributed by atoms with Gasteiger partial charge < -0.3 is 44.1 Å². The van der Waals surface area contributed by atoms with Crippen molar-refractivity contribution in [1.82, 2.24) is 0 Å². The van der Waals surface area contributed by atoms with Gasteiger partial charge in [-0.05, 0) is 25.7 Å². The van der Waals surface area contributed by atoms with Crippen LogP contribution in [0.5, 0.6) is 0 Å². The number of phosphoric acid groups is 2. The first-order valence-corrected chi connectivity index (χ1v) is 47.3. The molecule has 0 saturated carbocycles. The van der Waals surface area contributed by atoms with Crippen molar-refractivity contribution in [2.75, 3.05) is 39.6 Å². The Labute approximate surface area is 657 Å². The summed E-state index contributed by atoms with van der Waals surface area (Å²) < 4.78 is 68.8. The Balaban J connectivity index is 0. The van der Waals surface area contributed by atoms with E-state index in [1.54, 1.807) is 0 Å². The molecule has 0 bridgehead atoms. The number of unbranched alkanes of at least 4 members (excludes halogenated alkanes) is 56. The maximum atomic E-state index is 13.1. The van der Waals surface area contributed by atoms with Crippen molar-refractivity contribution in [1.29, 1.82) is 0 Å². The molecule has 0 aromatic carbocycles. The minimum absolute atomic E-state index is 0.109. The zero-order valence-corrected chi connectivity index (χ0v) is 71.1. The van der Waals surface area contributed by atoms with Crippen LogP contribution in [0, 0.1) is 0 Å². The lowest BCUT2D eigenvalue weighted by atomic mass is 10.0. The Morgan fingerprint density at radius 3 is 0.593 bits per heavy atom. The van der Waals surface area contributed by atoms with Crippen LogP contribution in [-0.4, -0.2) is 119 Å². The topological polar surface area (TPSA) is 312 Å². The van der Waals surface area contributed by atoms with Crippen LogP contribution in [0.3, 0.4) is 0 Å². The fourth-order valence-corrected chi connectivity index (χ4v) is 14.4. The van der Waals surface area contributed by atoms with Crippen molar-refractivity contribution in [3.63, 3.8) is 0 Å². The summed E-state index contributed by atoms with van der Waals surface area (Å²) >= 11 is 0. The van der Waals surface area contributed by atoms with Crippen LogP contribution < -0.4 is 0 Å². The van der Waals surface area contributed by atoms with E-state index < -0.39 is 109 Å². The molecule has 0 aliphatic heterocycles. The summed E-state index contributed by atoms with van der Waals surface area (Å²) in [6.07, 6.45) is 67.1. The second-order valence-electron chi connectivity index (χ2n) is 30.5. The summed E-state index contributed by atoms with van der Waals surface area (Å²) in [5, 5.41) is 26.4. The number of aliphatic hydroxyl groups excluding tert-OH is 1. The molecule has 4 atom stereocenters. The normalized spacial score (nSPS) is 13.1. The summed E-state index contributed by atoms with van der Waals surface area (Å²) in [4.78, 5) is 92.4. The second-order valence-corrected chi connectivity index (χ2v) is 33.4. The second kappa shape index (κ2) is 82.0. The number of carboxylic acid groups (broad SMARTS) is 2. The summed E-state index contributed by atoms with van der Waals surface area (Å²) in [6, 6.07) is 0. The third-order valence-corrected chi connectivity index (χ3v) is 21.6. The van der Waals surface area contributed by atoms with Crippen LogP contribution in [0.15, 0.2) is 0 Å². The summed E-state index contributed by atoms with van der Waals surface area (Å²) in [6.45, 7) is 5.05. The summed E-state index contributed by atoms with van der Waals surface area (Å²) in [7, 11) is -9.92. The van der Waals surface area contributed by atoms with Crippen LogP contribution in [0.2, 0.25) is 0 Å². The van der Waals surface area contributed by atoms with E-state index in [9.17, 15) is 52.8 Å². The van der Waals surface area contributed by atoms with Crippen LogP contribution >= 0.6 is 15.6 Å². The van der Waals surface area contributed by atoms with Gasteiger partial charge in [0.05, 0.1) is 39.3 Å². The molecule has 0 radical (unpaired) electrons. The lowest BCUT2D eigenvalue weighted by Gasteiger charge is -2.21. The highest BCUT2D eigenvalue weighted by Gasteiger charge is 2.30. The zero-order valence-electron chi connectivity index (χ0n) is 69.3. The first kappa shape index (κ1) is 107. The molecule has 5 N–H and O–H groups in total. The van der Waals surface area contributed by atoms with Gasteiger partial charge in [0.1, 0.15) is 19.3 Å². The highest BCUT2D eigenvalue weighted by molar-refractivity contribution is 7.47. The van der Waals surface area contributed by atoms with E-state index in [0.717, 1.165) is 89.9 Å². The third-order valence-electron chi connectivity index (χ3n) is 19.7. The van der Waals surface area contributed by atoms with Crippen molar-refractivity contribution in [3.05, 3.63) is 0 Å². The van der Waals surface area contributed by atoms with Gasteiger partial charge >= 0.3 is 51.5 Å². The number of aliphatic hydroxyl groups is 1. The Bertz CT molecular complexity index is 1990. The number of rotatable bonds is 85. The van der Waals surface area contributed by atoms with Gasteiger partial charge in [-0.1, -0.05) is 387 Å². The molecule has 23 heteroatoms. The smallest absolute Gasteiger partial charge is 0.472 e. The molecular formula is C85H164O21P2. The quantitative estimate of drug-likeness (QED) is 0.0163. The molecule has 0 spiro atoms. The van der Waals surface area contributed by atoms with Gasteiger partial charge in [0.2, 0.25) is 0 Å². The number of hydrogen-bond donors (Lipinski definition) is 5. The molecule has 0 amide bonds. The number of aliphatic carboxylic acids is 2. The average Bonchev–Trinajstić information content (AvgIpc) is 0.900. The molecule has 0 aliphatic carbocycles. The molecule has 0 heterocycles. The zero-order chi connectivity index (χ0) is 79.8. The minimum Gasteiger partial charge on any atom is -0.481 e. The molecule has 0 saturated heterocycles. The number of carbonyl (C=O) groups excluding carboxylic acids is 4. The molecule has 0 aromatic heterocycles. The SMILES string of the molecule is CCCCCCCCCCCCCCCCCC(=O)OC[C@H](CO[P@](=O)(O)OCC(O)CO[P@@](=O)(O)OC[C@@H](COC(=O)CCCCCCCCCCCCCCCCC)OC(=O)CCCCCCCCCCCCCCCCC)OC(=O)CCCCCCCCCCCCCCCCC.O=C(O)CCC(=O)O. The van der Waals surface area contributed by atoms with E-state index in [-0.39, 0.29) is 38.5 Å². The Morgan fingerprint density at radius 1 is 0.241 bits per heavy atom. The lowest BCUT2D eigenvalue weighted by Crippen LogP contribution is -2.30. The number of carbonyl (C=O) groups is 6. The average molecular weight is 1580 g/mol. The van der Waals surface area contributed by atoms with Crippen molar-refractivity contribution >= 4 is 51.5 Å². The number of ether oxygens (including phenoxy) is 4. The van der Waals surface area contributed by atoms with E-state index in [1.165, 1.54) is 270 Å². The summed E-state index contributed by atoms with van der Waals surface area (Å²) in [5.74, 6) is -4.25. The molecular weight excluding hydrogens is 1420 g/mol. The van der Waals surface area contributed by atoms with Crippen molar-refractivity contribution in [2.24, 2.45) is 0 Å². The molecule has 21 nitrogen and oxygen atoms in total. The molecule has 0 unspecified atom stereocenters. The summed E-state index contributed by atoms with van der Waals surface area (Å²) in [5.41, 5.74) is 0. The first-order chi connectivity index (χ1) is 52.3. The Morgan fingerprint density at radius 2 is 0.407 bits per heavy atom. The van der Waals surface area contributed by atoms with Crippen LogP contribution in [0.4, 0.5) is 0 Å². The molecule has 108 heavy (non-hydrogen) atoms. The molecule has 640 valence electrons. The van der Waals surface area contributed by atoms with Crippen molar-refractivity contribution < 1.29 is 100 Å². The van der Waals surface area contributed by atoms with E-state index in [1.807, 2.05) is 0 Å². The fraction of sp³-hybridized carbons (Fsp3) is 0.929. The number of phosphoric ester groups is 2. The molecule has 0 rings (SSSR count). The fourth-order valence-electron chi connectivity index (χ4n) is 12.9. The largest absolute Gasteiger partial charge is 0.481 e. The van der Waals surface area contributed by atoms with E-state index in [2.05, 4.69) is 27.7 Å². The van der Waals surface area contributed by atoms with Gasteiger partial charge in [-0.15, -0.1) is 0 Å². The Kier molecular flexibility index (Phi) is 81.3. The van der Waals surface area contributed by atoms with Gasteiger partial charge in [0.25, 0.3) is 0 Å². The highest BCUT2D eigenvalue weighted by Crippen LogP contribution is 2.45. The maximum absolute atomic E-state index is 13.1. The third kappa shape index (κ3) is 85.4. The van der Waals surface area contributed by atoms with Crippen molar-refractivity contribution in [2.45, 2.75) is 470 Å². The van der Waals surface area contributed by atoms with Gasteiger partial charge in [-0.3, -0.25) is 46.9 Å². The monoisotopic (exact) mass is 1580 g/mol. The number of esters is 4. The molecule has 0 aromatic rings. The Hall–Kier alpha value is -3.00. The maximum Gasteiger partial charge on any atom is 0.472 e. The van der Waals surface area contributed by atoms with Gasteiger partial charge in [-0.2, -0.15) is 0 Å².